The van der Waals surface area contributed by atoms with Gasteiger partial charge in [0.2, 0.25) is 0 Å². The lowest BCUT2D eigenvalue weighted by molar-refractivity contribution is 0.960. The molecule has 0 spiro atoms. The third-order valence-corrected chi connectivity index (χ3v) is 2.62. The Bertz CT molecular complexity index is 544. The van der Waals surface area contributed by atoms with Gasteiger partial charge in [0.15, 0.2) is 0 Å². The van der Waals surface area contributed by atoms with Gasteiger partial charge in [0, 0.05) is 16.1 Å². The molecule has 0 radical (unpaired) electrons. The van der Waals surface area contributed by atoms with Crippen LogP contribution in [0.3, 0.4) is 0 Å². The molecule has 4 N–H and O–H groups in total. The minimum absolute atomic E-state index is 0.125. The SMILES string of the molecule is NCCc1c(-c2cccc(Cl)c2)[nH][nH]c1=O. The van der Waals surface area contributed by atoms with Gasteiger partial charge in [0.05, 0.1) is 5.69 Å². The second-order valence-corrected chi connectivity index (χ2v) is 3.92. The summed E-state index contributed by atoms with van der Waals surface area (Å²) >= 11 is 5.90. The predicted octanol–water partition coefficient (Wildman–Crippen LogP) is 1.52. The fourth-order valence-electron chi connectivity index (χ4n) is 1.66. The van der Waals surface area contributed by atoms with E-state index in [1.807, 2.05) is 12.1 Å². The molecule has 84 valence electrons. The molecule has 0 bridgehead atoms. The summed E-state index contributed by atoms with van der Waals surface area (Å²) in [6, 6.07) is 7.33. The van der Waals surface area contributed by atoms with Crippen LogP contribution in [0, 0.1) is 0 Å². The topological polar surface area (TPSA) is 74.7 Å². The zero-order chi connectivity index (χ0) is 11.5. The smallest absolute Gasteiger partial charge is 0.267 e. The van der Waals surface area contributed by atoms with Gasteiger partial charge in [-0.15, -0.1) is 0 Å². The maximum absolute atomic E-state index is 11.5. The quantitative estimate of drug-likeness (QED) is 0.757. The summed E-state index contributed by atoms with van der Waals surface area (Å²) in [5.74, 6) is 0. The van der Waals surface area contributed by atoms with Crippen molar-refractivity contribution in [3.63, 3.8) is 0 Å². The lowest BCUT2D eigenvalue weighted by Crippen LogP contribution is -2.12. The van der Waals surface area contributed by atoms with Gasteiger partial charge in [0.1, 0.15) is 0 Å². The van der Waals surface area contributed by atoms with Crippen LogP contribution in [-0.4, -0.2) is 16.7 Å². The zero-order valence-corrected chi connectivity index (χ0v) is 9.34. The average molecular weight is 238 g/mol. The first kappa shape index (κ1) is 11.0. The van der Waals surface area contributed by atoms with Crippen LogP contribution in [0.4, 0.5) is 0 Å². The van der Waals surface area contributed by atoms with Crippen molar-refractivity contribution in [2.45, 2.75) is 6.42 Å². The summed E-state index contributed by atoms with van der Waals surface area (Å²) in [6.07, 6.45) is 0.542. The lowest BCUT2D eigenvalue weighted by Gasteiger charge is -2.01. The highest BCUT2D eigenvalue weighted by Gasteiger charge is 2.10. The van der Waals surface area contributed by atoms with Gasteiger partial charge in [-0.25, -0.2) is 0 Å². The van der Waals surface area contributed by atoms with Gasteiger partial charge in [-0.05, 0) is 25.1 Å². The van der Waals surface area contributed by atoms with Gasteiger partial charge in [0.25, 0.3) is 5.56 Å². The molecule has 2 rings (SSSR count). The molecule has 1 aromatic carbocycles. The highest BCUT2D eigenvalue weighted by atomic mass is 35.5. The minimum Gasteiger partial charge on any atom is -0.330 e. The van der Waals surface area contributed by atoms with Crippen molar-refractivity contribution in [1.82, 2.24) is 10.2 Å². The monoisotopic (exact) mass is 237 g/mol. The number of aromatic amines is 2. The van der Waals surface area contributed by atoms with Crippen LogP contribution in [0.2, 0.25) is 5.02 Å². The van der Waals surface area contributed by atoms with E-state index in [1.165, 1.54) is 0 Å². The molecule has 0 fully saturated rings. The number of halogens is 1. The van der Waals surface area contributed by atoms with E-state index >= 15 is 0 Å². The normalized spacial score (nSPS) is 10.6. The van der Waals surface area contributed by atoms with Crippen molar-refractivity contribution in [2.75, 3.05) is 6.54 Å². The fourth-order valence-corrected chi connectivity index (χ4v) is 1.85. The van der Waals surface area contributed by atoms with E-state index in [4.69, 9.17) is 17.3 Å². The van der Waals surface area contributed by atoms with E-state index < -0.39 is 0 Å². The van der Waals surface area contributed by atoms with E-state index in [9.17, 15) is 4.79 Å². The molecule has 0 aliphatic rings. The summed E-state index contributed by atoms with van der Waals surface area (Å²) in [5.41, 5.74) is 7.66. The number of hydrogen-bond acceptors (Lipinski definition) is 2. The molecule has 0 amide bonds. The molecule has 16 heavy (non-hydrogen) atoms. The van der Waals surface area contributed by atoms with E-state index in [-0.39, 0.29) is 5.56 Å². The maximum atomic E-state index is 11.5. The second kappa shape index (κ2) is 4.55. The van der Waals surface area contributed by atoms with E-state index in [2.05, 4.69) is 10.2 Å². The largest absolute Gasteiger partial charge is 0.330 e. The van der Waals surface area contributed by atoms with Gasteiger partial charge in [-0.1, -0.05) is 23.7 Å². The first-order valence-corrected chi connectivity index (χ1v) is 5.35. The van der Waals surface area contributed by atoms with E-state index in [0.717, 1.165) is 11.3 Å². The minimum atomic E-state index is -0.125. The number of nitrogens with one attached hydrogen (secondary N) is 2. The number of benzene rings is 1. The zero-order valence-electron chi connectivity index (χ0n) is 8.59. The molecular weight excluding hydrogens is 226 g/mol. The Morgan fingerprint density at radius 1 is 1.31 bits per heavy atom. The van der Waals surface area contributed by atoms with E-state index in [1.54, 1.807) is 12.1 Å². The van der Waals surface area contributed by atoms with Crippen molar-refractivity contribution in [2.24, 2.45) is 5.73 Å². The van der Waals surface area contributed by atoms with Crippen molar-refractivity contribution in [1.29, 1.82) is 0 Å². The Hall–Kier alpha value is -1.52. The molecule has 4 nitrogen and oxygen atoms in total. The number of aromatic nitrogens is 2. The average Bonchev–Trinajstić information content (AvgIpc) is 2.61. The third-order valence-electron chi connectivity index (χ3n) is 2.38. The van der Waals surface area contributed by atoms with Crippen LogP contribution >= 0.6 is 11.6 Å². The molecule has 5 heteroatoms. The lowest BCUT2D eigenvalue weighted by atomic mass is 10.1. The van der Waals surface area contributed by atoms with Crippen LogP contribution in [-0.2, 0) is 6.42 Å². The first-order chi connectivity index (χ1) is 7.72. The molecule has 1 aromatic heterocycles. The third kappa shape index (κ3) is 2.03. The van der Waals surface area contributed by atoms with Gasteiger partial charge >= 0.3 is 0 Å². The van der Waals surface area contributed by atoms with Crippen LogP contribution in [0.1, 0.15) is 5.56 Å². The van der Waals surface area contributed by atoms with Crippen LogP contribution in [0.5, 0.6) is 0 Å². The molecule has 0 aliphatic carbocycles. The molecule has 0 unspecified atom stereocenters. The number of rotatable bonds is 3. The maximum Gasteiger partial charge on any atom is 0.267 e. The van der Waals surface area contributed by atoms with Crippen molar-refractivity contribution in [3.8, 4) is 11.3 Å². The molecule has 0 saturated carbocycles. The van der Waals surface area contributed by atoms with Crippen LogP contribution in [0.15, 0.2) is 29.1 Å². The van der Waals surface area contributed by atoms with Crippen molar-refractivity contribution < 1.29 is 0 Å². The summed E-state index contributed by atoms with van der Waals surface area (Å²) in [4.78, 5) is 11.5. The Morgan fingerprint density at radius 3 is 2.81 bits per heavy atom. The standard InChI is InChI=1S/C11H12ClN3O/c12-8-3-1-2-7(6-8)10-9(4-5-13)11(16)15-14-10/h1-3,6H,4-5,13H2,(H2,14,15,16). The Morgan fingerprint density at radius 2 is 2.12 bits per heavy atom. The molecule has 0 atom stereocenters. The highest BCUT2D eigenvalue weighted by molar-refractivity contribution is 6.30. The highest BCUT2D eigenvalue weighted by Crippen LogP contribution is 2.22. The van der Waals surface area contributed by atoms with Gasteiger partial charge in [-0.3, -0.25) is 15.0 Å². The Labute approximate surface area is 97.4 Å². The molecule has 1 heterocycles. The number of nitrogens with two attached hydrogens (primary N) is 1. The second-order valence-electron chi connectivity index (χ2n) is 3.48. The number of H-pyrrole nitrogens is 2. The summed E-state index contributed by atoms with van der Waals surface area (Å²) in [5, 5.41) is 6.05. The summed E-state index contributed by atoms with van der Waals surface area (Å²) < 4.78 is 0. The van der Waals surface area contributed by atoms with Gasteiger partial charge in [-0.2, -0.15) is 0 Å². The number of hydrogen-bond donors (Lipinski definition) is 3. The van der Waals surface area contributed by atoms with Crippen molar-refractivity contribution >= 4 is 11.6 Å². The first-order valence-electron chi connectivity index (χ1n) is 4.98. The van der Waals surface area contributed by atoms with Crippen LogP contribution in [0.25, 0.3) is 11.3 Å². The van der Waals surface area contributed by atoms with Gasteiger partial charge < -0.3 is 5.73 Å². The Kier molecular flexibility index (Phi) is 3.12. The molecule has 2 aromatic rings. The summed E-state index contributed by atoms with van der Waals surface area (Å²) in [6.45, 7) is 0.439. The molecule has 0 saturated heterocycles. The van der Waals surface area contributed by atoms with Crippen molar-refractivity contribution in [3.05, 3.63) is 45.2 Å². The molecular formula is C11H12ClN3O. The summed E-state index contributed by atoms with van der Waals surface area (Å²) in [7, 11) is 0. The predicted molar refractivity (Wildman–Crippen MR) is 64.6 cm³/mol. The fraction of sp³-hybridized carbons (Fsp3) is 0.182. The van der Waals surface area contributed by atoms with E-state index in [0.29, 0.717) is 23.6 Å². The Balaban J connectivity index is 2.51. The van der Waals surface area contributed by atoms with Crippen LogP contribution < -0.4 is 11.3 Å². The molecule has 0 aliphatic heterocycles.